The van der Waals surface area contributed by atoms with Crippen LogP contribution in [0.3, 0.4) is 0 Å². The molecular weight excluding hydrogens is 669 g/mol. The summed E-state index contributed by atoms with van der Waals surface area (Å²) in [7, 11) is 0. The van der Waals surface area contributed by atoms with Crippen LogP contribution >= 0.6 is 23.2 Å². The minimum atomic E-state index is -1.74. The third kappa shape index (κ3) is 5.43. The Bertz CT molecular complexity index is 2430. The molecular formula is C46H33Cl2NO2. The Balaban J connectivity index is 1.52. The van der Waals surface area contributed by atoms with E-state index in [1.807, 2.05) is 152 Å². The van der Waals surface area contributed by atoms with Gasteiger partial charge < -0.3 is 5.11 Å². The van der Waals surface area contributed by atoms with Gasteiger partial charge in [-0.25, -0.2) is 0 Å². The first kappa shape index (κ1) is 32.9. The van der Waals surface area contributed by atoms with E-state index in [2.05, 4.69) is 6.07 Å². The van der Waals surface area contributed by atoms with E-state index < -0.39 is 28.8 Å². The Morgan fingerprint density at radius 2 is 1.16 bits per heavy atom. The van der Waals surface area contributed by atoms with E-state index in [-0.39, 0.29) is 12.2 Å². The molecule has 51 heavy (non-hydrogen) atoms. The number of ketones is 1. The van der Waals surface area contributed by atoms with Gasteiger partial charge in [0.2, 0.25) is 0 Å². The van der Waals surface area contributed by atoms with E-state index >= 15 is 4.79 Å². The molecule has 1 saturated carbocycles. The molecule has 0 heterocycles. The van der Waals surface area contributed by atoms with Crippen LogP contribution < -0.4 is 0 Å². The van der Waals surface area contributed by atoms with Crippen LogP contribution in [0.15, 0.2) is 164 Å². The van der Waals surface area contributed by atoms with Crippen molar-refractivity contribution in [3.63, 3.8) is 0 Å². The Labute approximate surface area is 307 Å². The van der Waals surface area contributed by atoms with E-state index in [0.29, 0.717) is 21.2 Å². The molecule has 1 fully saturated rings. The molecule has 0 radical (unpaired) electrons. The van der Waals surface area contributed by atoms with Crippen molar-refractivity contribution in [3.8, 4) is 6.07 Å². The summed E-state index contributed by atoms with van der Waals surface area (Å²) in [5.74, 6) is -2.72. The molecule has 7 aromatic carbocycles. The number of fused-ring (bicyclic) bond motifs is 2. The first-order chi connectivity index (χ1) is 24.8. The molecule has 5 heteroatoms. The summed E-state index contributed by atoms with van der Waals surface area (Å²) in [6.45, 7) is 0. The summed E-state index contributed by atoms with van der Waals surface area (Å²) in [6, 6.07) is 54.9. The average molecular weight is 703 g/mol. The molecule has 3 nitrogen and oxygen atoms in total. The number of carbonyl (C=O) groups excluding carboxylic acids is 1. The Morgan fingerprint density at radius 3 is 1.80 bits per heavy atom. The van der Waals surface area contributed by atoms with Gasteiger partial charge >= 0.3 is 0 Å². The Kier molecular flexibility index (Phi) is 8.49. The number of carbonyl (C=O) groups is 1. The molecule has 0 spiro atoms. The number of benzene rings is 7. The van der Waals surface area contributed by atoms with Crippen molar-refractivity contribution in [3.05, 3.63) is 202 Å². The predicted octanol–water partition coefficient (Wildman–Crippen LogP) is 11.4. The molecule has 0 aliphatic heterocycles. The zero-order chi connectivity index (χ0) is 35.2. The molecule has 1 N–H and O–H groups in total. The van der Waals surface area contributed by atoms with Gasteiger partial charge in [0.1, 0.15) is 5.60 Å². The second-order valence-electron chi connectivity index (χ2n) is 13.5. The average Bonchev–Trinajstić information content (AvgIpc) is 3.18. The van der Waals surface area contributed by atoms with Gasteiger partial charge in [-0.15, -0.1) is 0 Å². The first-order valence-corrected chi connectivity index (χ1v) is 17.8. The van der Waals surface area contributed by atoms with Crippen molar-refractivity contribution in [1.29, 1.82) is 5.26 Å². The van der Waals surface area contributed by atoms with Crippen LogP contribution in [0.1, 0.15) is 50.9 Å². The molecule has 0 amide bonds. The fourth-order valence-corrected chi connectivity index (χ4v) is 8.97. The van der Waals surface area contributed by atoms with Gasteiger partial charge in [0.05, 0.1) is 17.4 Å². The maximum atomic E-state index is 15.8. The molecule has 1 aliphatic rings. The highest BCUT2D eigenvalue weighted by atomic mass is 35.5. The summed E-state index contributed by atoms with van der Waals surface area (Å²) in [5, 5.41) is 30.3. The summed E-state index contributed by atoms with van der Waals surface area (Å²) in [6.07, 6.45) is 0.0936. The number of Topliss-reactive ketones (excluding diaryl/α,β-unsaturated/α-hetero) is 1. The molecule has 248 valence electrons. The van der Waals surface area contributed by atoms with Crippen molar-refractivity contribution in [2.24, 2.45) is 5.92 Å². The van der Waals surface area contributed by atoms with Crippen molar-refractivity contribution in [2.75, 3.05) is 0 Å². The number of nitrogens with zero attached hydrogens (tertiary/aromatic N) is 1. The highest BCUT2D eigenvalue weighted by molar-refractivity contribution is 6.30. The lowest BCUT2D eigenvalue weighted by Crippen LogP contribution is -2.58. The zero-order valence-corrected chi connectivity index (χ0v) is 29.1. The highest BCUT2D eigenvalue weighted by Crippen LogP contribution is 2.64. The second-order valence-corrected chi connectivity index (χ2v) is 14.4. The number of aliphatic hydroxyl groups is 1. The van der Waals surface area contributed by atoms with Gasteiger partial charge in [0.15, 0.2) is 5.78 Å². The third-order valence-corrected chi connectivity index (χ3v) is 11.4. The Hall–Kier alpha value is -5.24. The van der Waals surface area contributed by atoms with E-state index in [4.69, 9.17) is 23.2 Å². The normalized spacial score (nSPS) is 23.1. The summed E-state index contributed by atoms with van der Waals surface area (Å²) in [4.78, 5) is 15.8. The van der Waals surface area contributed by atoms with Crippen molar-refractivity contribution < 1.29 is 9.90 Å². The maximum Gasteiger partial charge on any atom is 0.170 e. The summed E-state index contributed by atoms with van der Waals surface area (Å²) in [5.41, 5.74) is 0.447. The van der Waals surface area contributed by atoms with E-state index in [0.717, 1.165) is 38.2 Å². The quantitative estimate of drug-likeness (QED) is 0.176. The van der Waals surface area contributed by atoms with Gasteiger partial charge in [-0.3, -0.25) is 4.79 Å². The summed E-state index contributed by atoms with van der Waals surface area (Å²) < 4.78 is 0. The number of halogens is 2. The van der Waals surface area contributed by atoms with Crippen molar-refractivity contribution in [1.82, 2.24) is 0 Å². The minimum Gasteiger partial charge on any atom is -0.384 e. The smallest absolute Gasteiger partial charge is 0.170 e. The van der Waals surface area contributed by atoms with E-state index in [9.17, 15) is 10.4 Å². The van der Waals surface area contributed by atoms with Crippen LogP contribution in [0.5, 0.6) is 0 Å². The number of rotatable bonds is 6. The molecule has 8 rings (SSSR count). The SMILES string of the molecule is N#CC1(c2ccccc2)C(c2ccc(Cl)cc2)CC(O)(c2cccc3ccccc23)C(C(=O)c2cccc3ccccc23)C1c1ccc(Cl)cc1. The number of hydrogen-bond acceptors (Lipinski definition) is 3. The third-order valence-electron chi connectivity index (χ3n) is 10.9. The standard InChI is InChI=1S/C46H33Cl2NO2/c47-35-24-20-32(21-25-35)41-28-46(51,40-19-9-13-31-11-5-7-17-38(31)40)43(44(50)39-18-8-12-30-10-4-6-16-37(30)39)42(33-22-26-36(48)27-23-33)45(41,29-49)34-14-2-1-3-15-34/h1-27,41-43,51H,28H2. The highest BCUT2D eigenvalue weighted by Gasteiger charge is 2.64. The van der Waals surface area contributed by atoms with Gasteiger partial charge in [0.25, 0.3) is 0 Å². The van der Waals surface area contributed by atoms with Crippen molar-refractivity contribution in [2.45, 2.75) is 29.3 Å². The Morgan fingerprint density at radius 1 is 0.627 bits per heavy atom. The second kappa shape index (κ2) is 13.1. The first-order valence-electron chi connectivity index (χ1n) is 17.1. The molecule has 0 bridgehead atoms. The van der Waals surface area contributed by atoms with Gasteiger partial charge in [-0.1, -0.05) is 163 Å². The monoisotopic (exact) mass is 701 g/mol. The fraction of sp³-hybridized carbons (Fsp3) is 0.130. The van der Waals surface area contributed by atoms with Crippen LogP contribution in [0.4, 0.5) is 0 Å². The number of hydrogen-bond donors (Lipinski definition) is 1. The number of nitriles is 1. The van der Waals surface area contributed by atoms with Crippen LogP contribution in [0.2, 0.25) is 10.0 Å². The van der Waals surface area contributed by atoms with Gasteiger partial charge in [-0.05, 0) is 74.5 Å². The van der Waals surface area contributed by atoms with Gasteiger partial charge in [-0.2, -0.15) is 5.26 Å². The largest absolute Gasteiger partial charge is 0.384 e. The molecule has 5 atom stereocenters. The molecule has 0 saturated heterocycles. The summed E-state index contributed by atoms with van der Waals surface area (Å²) >= 11 is 12.9. The van der Waals surface area contributed by atoms with Crippen LogP contribution in [0, 0.1) is 17.2 Å². The maximum absolute atomic E-state index is 15.8. The van der Waals surface area contributed by atoms with E-state index in [1.165, 1.54) is 0 Å². The lowest BCUT2D eigenvalue weighted by atomic mass is 9.45. The van der Waals surface area contributed by atoms with E-state index in [1.54, 1.807) is 12.1 Å². The lowest BCUT2D eigenvalue weighted by Gasteiger charge is -2.56. The van der Waals surface area contributed by atoms with Crippen LogP contribution in [0.25, 0.3) is 21.5 Å². The predicted molar refractivity (Wildman–Crippen MR) is 206 cm³/mol. The topological polar surface area (TPSA) is 61.1 Å². The molecule has 0 aromatic heterocycles. The van der Waals surface area contributed by atoms with Crippen molar-refractivity contribution >= 4 is 50.5 Å². The van der Waals surface area contributed by atoms with Gasteiger partial charge in [0, 0.05) is 27.4 Å². The van der Waals surface area contributed by atoms with Crippen LogP contribution in [-0.2, 0) is 11.0 Å². The minimum absolute atomic E-state index is 0.0936. The van der Waals surface area contributed by atoms with Crippen LogP contribution in [-0.4, -0.2) is 10.9 Å². The molecule has 1 aliphatic carbocycles. The fourth-order valence-electron chi connectivity index (χ4n) is 8.72. The molecule has 5 unspecified atom stereocenters. The molecule has 7 aromatic rings. The lowest BCUT2D eigenvalue weighted by molar-refractivity contribution is -0.0727. The zero-order valence-electron chi connectivity index (χ0n) is 27.6.